The second-order valence-electron chi connectivity index (χ2n) is 4.57. The van der Waals surface area contributed by atoms with Gasteiger partial charge in [0.1, 0.15) is 0 Å². The molecular weight excluding hydrogens is 219 g/mol. The molecule has 0 saturated heterocycles. The van der Waals surface area contributed by atoms with Crippen LogP contribution >= 0.6 is 0 Å². The molecule has 0 atom stereocenters. The van der Waals surface area contributed by atoms with Gasteiger partial charge in [-0.15, -0.1) is 13.0 Å². The molecule has 0 spiro atoms. The quantitative estimate of drug-likeness (QED) is 0.618. The van der Waals surface area contributed by atoms with Crippen LogP contribution in [-0.2, 0) is 7.05 Å². The van der Waals surface area contributed by atoms with Crippen LogP contribution in [0.2, 0.25) is 6.82 Å². The SMILES string of the molecule is C#CCNB(C)C(=C)c1c(C)c(C=C)n(C)c1C. The number of hydrogen-bond acceptors (Lipinski definition) is 1. The standard InChI is InChI=1S/C15H21BN2/c1-8-10-17-16(6)12(4)15-11(3)14(9-2)18(7)13(15)5/h1,9,17H,2,4,10H2,3,5-7H3. The van der Waals surface area contributed by atoms with Crippen molar-refractivity contribution in [1.29, 1.82) is 0 Å². The van der Waals surface area contributed by atoms with Gasteiger partial charge in [-0.3, -0.25) is 0 Å². The van der Waals surface area contributed by atoms with E-state index in [1.165, 1.54) is 16.8 Å². The third-order valence-electron chi connectivity index (χ3n) is 3.53. The maximum atomic E-state index is 5.27. The van der Waals surface area contributed by atoms with Crippen LogP contribution in [-0.4, -0.2) is 18.0 Å². The first-order valence-electron chi connectivity index (χ1n) is 6.10. The first kappa shape index (κ1) is 14.4. The fourth-order valence-corrected chi connectivity index (χ4v) is 2.31. The van der Waals surface area contributed by atoms with Crippen LogP contribution in [0.3, 0.4) is 0 Å². The molecule has 1 aromatic heterocycles. The van der Waals surface area contributed by atoms with E-state index < -0.39 is 0 Å². The topological polar surface area (TPSA) is 17.0 Å². The minimum Gasteiger partial charge on any atom is -0.348 e. The molecule has 0 aliphatic carbocycles. The average Bonchev–Trinajstić information content (AvgIpc) is 2.56. The Morgan fingerprint density at radius 2 is 2.17 bits per heavy atom. The number of nitrogens with zero attached hydrogens (tertiary/aromatic N) is 1. The largest absolute Gasteiger partial charge is 0.348 e. The minimum atomic E-state index is 0.165. The molecule has 0 aromatic carbocycles. The lowest BCUT2D eigenvalue weighted by Crippen LogP contribution is -2.32. The van der Waals surface area contributed by atoms with Crippen LogP contribution in [0.1, 0.15) is 22.5 Å². The third-order valence-corrected chi connectivity index (χ3v) is 3.53. The van der Waals surface area contributed by atoms with Crippen LogP contribution in [0, 0.1) is 26.2 Å². The maximum absolute atomic E-state index is 5.27. The van der Waals surface area contributed by atoms with Gasteiger partial charge in [-0.05, 0) is 31.1 Å². The van der Waals surface area contributed by atoms with Crippen molar-refractivity contribution in [3.8, 4) is 12.3 Å². The van der Waals surface area contributed by atoms with E-state index in [0.717, 1.165) is 11.2 Å². The molecule has 1 N–H and O–H groups in total. The normalized spacial score (nSPS) is 9.94. The molecule has 1 heterocycles. The van der Waals surface area contributed by atoms with Crippen LogP contribution in [0.15, 0.2) is 13.2 Å². The molecule has 1 aromatic rings. The van der Waals surface area contributed by atoms with Crippen molar-refractivity contribution < 1.29 is 0 Å². The summed E-state index contributed by atoms with van der Waals surface area (Å²) in [5, 5.41) is 3.26. The predicted octanol–water partition coefficient (Wildman–Crippen LogP) is 2.68. The van der Waals surface area contributed by atoms with Crippen LogP contribution in [0.4, 0.5) is 0 Å². The summed E-state index contributed by atoms with van der Waals surface area (Å²) in [4.78, 5) is 0. The summed E-state index contributed by atoms with van der Waals surface area (Å²) in [7, 11) is 2.05. The third kappa shape index (κ3) is 2.44. The lowest BCUT2D eigenvalue weighted by molar-refractivity contribution is 0.868. The van der Waals surface area contributed by atoms with Crippen molar-refractivity contribution in [2.75, 3.05) is 6.54 Å². The van der Waals surface area contributed by atoms with Gasteiger partial charge in [0, 0.05) is 25.0 Å². The van der Waals surface area contributed by atoms with Gasteiger partial charge >= 0.3 is 0 Å². The first-order chi connectivity index (χ1) is 8.45. The molecule has 0 saturated carbocycles. The Morgan fingerprint density at radius 3 is 2.61 bits per heavy atom. The smallest absolute Gasteiger partial charge is 0.252 e. The molecule has 0 radical (unpaired) electrons. The molecule has 2 nitrogen and oxygen atoms in total. The summed E-state index contributed by atoms with van der Waals surface area (Å²) in [6, 6.07) is 0. The molecule has 0 amide bonds. The summed E-state index contributed by atoms with van der Waals surface area (Å²) in [5.74, 6) is 2.59. The molecule has 0 aliphatic heterocycles. The van der Waals surface area contributed by atoms with Gasteiger partial charge < -0.3 is 9.79 Å². The molecule has 3 heteroatoms. The Bertz CT molecular complexity index is 518. The van der Waals surface area contributed by atoms with E-state index in [4.69, 9.17) is 6.42 Å². The highest BCUT2D eigenvalue weighted by Crippen LogP contribution is 2.28. The molecule has 0 aliphatic rings. The Hall–Kier alpha value is -1.66. The second kappa shape index (κ2) is 5.79. The average molecular weight is 240 g/mol. The zero-order valence-electron chi connectivity index (χ0n) is 11.8. The summed E-state index contributed by atoms with van der Waals surface area (Å²) < 4.78 is 2.15. The molecular formula is C15H21BN2. The van der Waals surface area contributed by atoms with Crippen molar-refractivity contribution in [3.63, 3.8) is 0 Å². The fourth-order valence-electron chi connectivity index (χ4n) is 2.31. The Labute approximate surface area is 111 Å². The van der Waals surface area contributed by atoms with Crippen molar-refractivity contribution >= 4 is 18.4 Å². The minimum absolute atomic E-state index is 0.165. The monoisotopic (exact) mass is 240 g/mol. The second-order valence-corrected chi connectivity index (χ2v) is 4.57. The lowest BCUT2D eigenvalue weighted by atomic mass is 9.56. The Morgan fingerprint density at radius 1 is 1.56 bits per heavy atom. The zero-order chi connectivity index (χ0) is 13.9. The maximum Gasteiger partial charge on any atom is 0.252 e. The van der Waals surface area contributed by atoms with Gasteiger partial charge in [-0.25, -0.2) is 0 Å². The van der Waals surface area contributed by atoms with Crippen molar-refractivity contribution in [2.24, 2.45) is 7.05 Å². The number of aromatic nitrogens is 1. The number of terminal acetylenes is 1. The van der Waals surface area contributed by atoms with Crippen molar-refractivity contribution in [2.45, 2.75) is 20.7 Å². The number of hydrogen-bond donors (Lipinski definition) is 1. The summed E-state index contributed by atoms with van der Waals surface area (Å²) in [5.41, 5.74) is 5.87. The highest BCUT2D eigenvalue weighted by Gasteiger charge is 2.20. The fraction of sp³-hybridized carbons (Fsp3) is 0.333. The van der Waals surface area contributed by atoms with Gasteiger partial charge in [0.05, 0.1) is 0 Å². The van der Waals surface area contributed by atoms with Gasteiger partial charge in [-0.1, -0.05) is 24.8 Å². The van der Waals surface area contributed by atoms with Gasteiger partial charge in [-0.2, -0.15) is 0 Å². The lowest BCUT2D eigenvalue weighted by Gasteiger charge is -2.13. The molecule has 0 fully saturated rings. The van der Waals surface area contributed by atoms with Crippen LogP contribution in [0.5, 0.6) is 0 Å². The molecule has 18 heavy (non-hydrogen) atoms. The van der Waals surface area contributed by atoms with Gasteiger partial charge in [0.15, 0.2) is 0 Å². The van der Waals surface area contributed by atoms with E-state index in [9.17, 15) is 0 Å². The van der Waals surface area contributed by atoms with Crippen molar-refractivity contribution in [3.05, 3.63) is 35.7 Å². The van der Waals surface area contributed by atoms with Crippen LogP contribution < -0.4 is 5.23 Å². The van der Waals surface area contributed by atoms with E-state index in [2.05, 4.69) is 56.6 Å². The highest BCUT2D eigenvalue weighted by molar-refractivity contribution is 6.75. The van der Waals surface area contributed by atoms with Crippen LogP contribution in [0.25, 0.3) is 11.5 Å². The summed E-state index contributed by atoms with van der Waals surface area (Å²) >= 11 is 0. The van der Waals surface area contributed by atoms with Gasteiger partial charge in [0.25, 0.3) is 6.85 Å². The highest BCUT2D eigenvalue weighted by atomic mass is 15.0. The Balaban J connectivity index is 3.15. The predicted molar refractivity (Wildman–Crippen MR) is 82.5 cm³/mol. The molecule has 0 bridgehead atoms. The zero-order valence-corrected chi connectivity index (χ0v) is 11.8. The van der Waals surface area contributed by atoms with Crippen molar-refractivity contribution in [1.82, 2.24) is 9.79 Å². The molecule has 94 valence electrons. The summed E-state index contributed by atoms with van der Waals surface area (Å²) in [6.45, 7) is 15.1. The number of rotatable bonds is 5. The van der Waals surface area contributed by atoms with Gasteiger partial charge in [0.2, 0.25) is 0 Å². The van der Waals surface area contributed by atoms with E-state index in [1.807, 2.05) is 6.08 Å². The molecule has 0 unspecified atom stereocenters. The Kier molecular flexibility index (Phi) is 4.64. The van der Waals surface area contributed by atoms with E-state index in [1.54, 1.807) is 0 Å². The van der Waals surface area contributed by atoms with E-state index in [0.29, 0.717) is 6.54 Å². The molecule has 1 rings (SSSR count). The summed E-state index contributed by atoms with van der Waals surface area (Å²) in [6.07, 6.45) is 7.15. The van der Waals surface area contributed by atoms with E-state index in [-0.39, 0.29) is 6.85 Å². The first-order valence-corrected chi connectivity index (χ1v) is 6.10. The number of nitrogens with one attached hydrogen (secondary N) is 1. The van der Waals surface area contributed by atoms with E-state index >= 15 is 0 Å².